The first-order chi connectivity index (χ1) is 7.38. The Labute approximate surface area is 97.9 Å². The minimum atomic E-state index is 0.611. The van der Waals surface area contributed by atoms with Crippen molar-refractivity contribution in [2.75, 3.05) is 5.88 Å². The van der Waals surface area contributed by atoms with Crippen LogP contribution in [-0.4, -0.2) is 16.1 Å². The molecule has 0 bridgehead atoms. The van der Waals surface area contributed by atoms with E-state index in [-0.39, 0.29) is 0 Å². The summed E-state index contributed by atoms with van der Waals surface area (Å²) in [4.78, 5) is 0. The number of benzene rings is 1. The molecule has 0 aliphatic rings. The fourth-order valence-electron chi connectivity index (χ4n) is 1.31. The Kier molecular flexibility index (Phi) is 3.69. The summed E-state index contributed by atoms with van der Waals surface area (Å²) >= 11 is 7.29. The quantitative estimate of drug-likeness (QED) is 0.766. The molecule has 2 rings (SSSR count). The maximum absolute atomic E-state index is 5.64. The van der Waals surface area contributed by atoms with Crippen LogP contribution in [0.2, 0.25) is 0 Å². The molecule has 78 valence electrons. The second kappa shape index (κ2) is 5.24. The first-order valence-corrected chi connectivity index (χ1v) is 6.15. The van der Waals surface area contributed by atoms with Crippen LogP contribution < -0.4 is 0 Å². The lowest BCUT2D eigenvalue weighted by Gasteiger charge is -1.94. The third-order valence-corrected chi connectivity index (χ3v) is 3.19. The third-order valence-electron chi connectivity index (χ3n) is 2.02. The number of alkyl halides is 1. The molecule has 0 N–H and O–H groups in total. The number of hydrogen-bond acceptors (Lipinski definition) is 3. The smallest absolute Gasteiger partial charge is 0.121 e. The largest absolute Gasteiger partial charge is 0.144 e. The molecule has 0 unspecified atom stereocenters. The van der Waals surface area contributed by atoms with Crippen molar-refractivity contribution in [1.82, 2.24) is 10.2 Å². The van der Waals surface area contributed by atoms with Gasteiger partial charge in [0.1, 0.15) is 10.0 Å². The van der Waals surface area contributed by atoms with Crippen molar-refractivity contribution >= 4 is 22.9 Å². The Bertz CT molecular complexity index is 414. The van der Waals surface area contributed by atoms with E-state index in [1.807, 2.05) is 18.2 Å². The van der Waals surface area contributed by atoms with Crippen molar-refractivity contribution in [2.45, 2.75) is 12.8 Å². The fraction of sp³-hybridized carbons (Fsp3) is 0.273. The van der Waals surface area contributed by atoms with Crippen molar-refractivity contribution in [2.24, 2.45) is 0 Å². The highest BCUT2D eigenvalue weighted by Gasteiger charge is 2.04. The number of aromatic nitrogens is 2. The normalized spacial score (nSPS) is 10.5. The fourth-order valence-corrected chi connectivity index (χ4v) is 2.48. The monoisotopic (exact) mass is 238 g/mol. The SMILES string of the molecule is ClCCc1nnc(Cc2ccccc2)s1. The van der Waals surface area contributed by atoms with Crippen LogP contribution in [0.15, 0.2) is 30.3 Å². The van der Waals surface area contributed by atoms with Crippen LogP contribution in [-0.2, 0) is 12.8 Å². The second-order valence-electron chi connectivity index (χ2n) is 3.19. The van der Waals surface area contributed by atoms with Gasteiger partial charge in [-0.1, -0.05) is 30.3 Å². The zero-order valence-electron chi connectivity index (χ0n) is 8.19. The minimum absolute atomic E-state index is 0.611. The van der Waals surface area contributed by atoms with Gasteiger partial charge >= 0.3 is 0 Å². The molecule has 0 fully saturated rings. The van der Waals surface area contributed by atoms with Crippen LogP contribution in [0.1, 0.15) is 15.6 Å². The predicted molar refractivity (Wildman–Crippen MR) is 63.6 cm³/mol. The molecule has 0 saturated heterocycles. The highest BCUT2D eigenvalue weighted by atomic mass is 35.5. The zero-order chi connectivity index (χ0) is 10.5. The van der Waals surface area contributed by atoms with Crippen molar-refractivity contribution in [1.29, 1.82) is 0 Å². The summed E-state index contributed by atoms with van der Waals surface area (Å²) in [5.41, 5.74) is 1.27. The molecule has 0 aliphatic heterocycles. The number of hydrogen-bond donors (Lipinski definition) is 0. The maximum Gasteiger partial charge on any atom is 0.121 e. The Hall–Kier alpha value is -0.930. The summed E-state index contributed by atoms with van der Waals surface area (Å²) in [5, 5.41) is 10.3. The molecule has 0 atom stereocenters. The maximum atomic E-state index is 5.64. The van der Waals surface area contributed by atoms with Crippen LogP contribution in [0.4, 0.5) is 0 Å². The topological polar surface area (TPSA) is 25.8 Å². The van der Waals surface area contributed by atoms with Crippen LogP contribution >= 0.6 is 22.9 Å². The first kappa shape index (κ1) is 10.6. The standard InChI is InChI=1S/C11H11ClN2S/c12-7-6-10-13-14-11(15-10)8-9-4-2-1-3-5-9/h1-5H,6-8H2. The van der Waals surface area contributed by atoms with Gasteiger partial charge in [0.2, 0.25) is 0 Å². The van der Waals surface area contributed by atoms with E-state index in [2.05, 4.69) is 22.3 Å². The van der Waals surface area contributed by atoms with Gasteiger partial charge in [0.05, 0.1) is 0 Å². The van der Waals surface area contributed by atoms with E-state index in [1.165, 1.54) is 5.56 Å². The first-order valence-electron chi connectivity index (χ1n) is 4.79. The molecular formula is C11H11ClN2S. The van der Waals surface area contributed by atoms with Crippen LogP contribution in [0.25, 0.3) is 0 Å². The van der Waals surface area contributed by atoms with E-state index >= 15 is 0 Å². The molecule has 1 heterocycles. The number of halogens is 1. The summed E-state index contributed by atoms with van der Waals surface area (Å²) < 4.78 is 0. The highest BCUT2D eigenvalue weighted by molar-refractivity contribution is 7.11. The number of nitrogens with zero attached hydrogens (tertiary/aromatic N) is 2. The van der Waals surface area contributed by atoms with Gasteiger partial charge in [-0.2, -0.15) is 0 Å². The van der Waals surface area contributed by atoms with Crippen LogP contribution in [0, 0.1) is 0 Å². The van der Waals surface area contributed by atoms with Gasteiger partial charge in [0, 0.05) is 18.7 Å². The van der Waals surface area contributed by atoms with E-state index in [0.717, 1.165) is 22.9 Å². The molecule has 1 aromatic heterocycles. The Morgan fingerprint density at radius 3 is 2.53 bits per heavy atom. The van der Waals surface area contributed by atoms with E-state index in [4.69, 9.17) is 11.6 Å². The third kappa shape index (κ3) is 3.01. The highest BCUT2D eigenvalue weighted by Crippen LogP contribution is 2.15. The van der Waals surface area contributed by atoms with Crippen molar-refractivity contribution in [3.63, 3.8) is 0 Å². The van der Waals surface area contributed by atoms with Crippen molar-refractivity contribution in [3.05, 3.63) is 45.9 Å². The number of aryl methyl sites for hydroxylation is 1. The molecule has 2 nitrogen and oxygen atoms in total. The van der Waals surface area contributed by atoms with E-state index in [1.54, 1.807) is 11.3 Å². The molecule has 0 amide bonds. The Balaban J connectivity index is 2.05. The van der Waals surface area contributed by atoms with E-state index < -0.39 is 0 Å². The molecule has 0 aliphatic carbocycles. The van der Waals surface area contributed by atoms with Gasteiger partial charge in [0.25, 0.3) is 0 Å². The minimum Gasteiger partial charge on any atom is -0.144 e. The lowest BCUT2D eigenvalue weighted by molar-refractivity contribution is 0.948. The lowest BCUT2D eigenvalue weighted by Crippen LogP contribution is -1.86. The summed E-state index contributed by atoms with van der Waals surface area (Å²) in [6.07, 6.45) is 1.68. The zero-order valence-corrected chi connectivity index (χ0v) is 9.76. The van der Waals surface area contributed by atoms with Crippen molar-refractivity contribution < 1.29 is 0 Å². The molecule has 15 heavy (non-hydrogen) atoms. The van der Waals surface area contributed by atoms with Gasteiger partial charge in [-0.3, -0.25) is 0 Å². The molecule has 1 aromatic carbocycles. The Morgan fingerprint density at radius 2 is 1.80 bits per heavy atom. The molecule has 0 spiro atoms. The van der Waals surface area contributed by atoms with Crippen molar-refractivity contribution in [3.8, 4) is 0 Å². The summed E-state index contributed by atoms with van der Waals surface area (Å²) in [5.74, 6) is 0.611. The summed E-state index contributed by atoms with van der Waals surface area (Å²) in [6, 6.07) is 10.3. The van der Waals surface area contributed by atoms with Crippen LogP contribution in [0.5, 0.6) is 0 Å². The summed E-state index contributed by atoms with van der Waals surface area (Å²) in [7, 11) is 0. The lowest BCUT2D eigenvalue weighted by atomic mass is 10.2. The van der Waals surface area contributed by atoms with E-state index in [9.17, 15) is 0 Å². The molecule has 0 saturated carbocycles. The summed E-state index contributed by atoms with van der Waals surface area (Å²) in [6.45, 7) is 0. The van der Waals surface area contributed by atoms with Gasteiger partial charge in [-0.15, -0.1) is 33.1 Å². The van der Waals surface area contributed by atoms with Gasteiger partial charge in [-0.05, 0) is 5.56 Å². The number of rotatable bonds is 4. The molecular weight excluding hydrogens is 228 g/mol. The average Bonchev–Trinajstić information content (AvgIpc) is 2.68. The van der Waals surface area contributed by atoms with Gasteiger partial charge < -0.3 is 0 Å². The molecule has 2 aromatic rings. The van der Waals surface area contributed by atoms with Gasteiger partial charge in [-0.25, -0.2) is 0 Å². The molecule has 4 heteroatoms. The second-order valence-corrected chi connectivity index (χ2v) is 4.72. The predicted octanol–water partition coefficient (Wildman–Crippen LogP) is 2.91. The Morgan fingerprint density at radius 1 is 1.07 bits per heavy atom. The van der Waals surface area contributed by atoms with Gasteiger partial charge in [0.15, 0.2) is 0 Å². The average molecular weight is 239 g/mol. The molecule has 0 radical (unpaired) electrons. The van der Waals surface area contributed by atoms with Crippen LogP contribution in [0.3, 0.4) is 0 Å². The van der Waals surface area contributed by atoms with E-state index in [0.29, 0.717) is 5.88 Å².